The first-order valence-electron chi connectivity index (χ1n) is 6.11. The van der Waals surface area contributed by atoms with Crippen molar-refractivity contribution in [2.75, 3.05) is 25.5 Å². The molecule has 0 bridgehead atoms. The van der Waals surface area contributed by atoms with Crippen molar-refractivity contribution in [2.45, 2.75) is 18.7 Å². The second kappa shape index (κ2) is 6.55. The summed E-state index contributed by atoms with van der Waals surface area (Å²) in [6.07, 6.45) is 0. The summed E-state index contributed by atoms with van der Waals surface area (Å²) in [5, 5.41) is 11.8. The van der Waals surface area contributed by atoms with E-state index in [-0.39, 0.29) is 17.4 Å². The Morgan fingerprint density at radius 1 is 1.37 bits per heavy atom. The fraction of sp³-hybridized carbons (Fsp3) is 0.462. The van der Waals surface area contributed by atoms with Gasteiger partial charge in [0.05, 0.1) is 16.9 Å². The van der Waals surface area contributed by atoms with Gasteiger partial charge in [0, 0.05) is 25.8 Å². The summed E-state index contributed by atoms with van der Waals surface area (Å²) >= 11 is 0. The van der Waals surface area contributed by atoms with E-state index < -0.39 is 10.0 Å². The van der Waals surface area contributed by atoms with Gasteiger partial charge in [-0.1, -0.05) is 0 Å². The molecule has 1 aromatic carbocycles. The van der Waals surface area contributed by atoms with Crippen molar-refractivity contribution in [2.24, 2.45) is 5.92 Å². The van der Waals surface area contributed by atoms with Crippen LogP contribution in [0.15, 0.2) is 29.2 Å². The smallest absolute Gasteiger partial charge is 0.242 e. The van der Waals surface area contributed by atoms with E-state index in [1.165, 1.54) is 11.4 Å². The van der Waals surface area contributed by atoms with Gasteiger partial charge in [-0.25, -0.2) is 8.42 Å². The SMILES string of the molecule is CCNc1ccc(S(=O)(=O)N(C)CC(C)C#N)cc1. The fourth-order valence-corrected chi connectivity index (χ4v) is 2.91. The van der Waals surface area contributed by atoms with Crippen LogP contribution in [0.5, 0.6) is 0 Å². The Hall–Kier alpha value is -1.58. The molecule has 0 saturated carbocycles. The van der Waals surface area contributed by atoms with Crippen LogP contribution in [-0.4, -0.2) is 32.9 Å². The van der Waals surface area contributed by atoms with Gasteiger partial charge in [-0.15, -0.1) is 0 Å². The molecule has 1 rings (SSSR count). The van der Waals surface area contributed by atoms with Crippen molar-refractivity contribution in [3.05, 3.63) is 24.3 Å². The number of anilines is 1. The number of nitriles is 1. The lowest BCUT2D eigenvalue weighted by Crippen LogP contribution is -2.30. The van der Waals surface area contributed by atoms with Gasteiger partial charge in [0.15, 0.2) is 0 Å². The van der Waals surface area contributed by atoms with Gasteiger partial charge in [0.2, 0.25) is 10.0 Å². The molecular weight excluding hydrogens is 262 g/mol. The topological polar surface area (TPSA) is 73.2 Å². The van der Waals surface area contributed by atoms with Gasteiger partial charge >= 0.3 is 0 Å². The summed E-state index contributed by atoms with van der Waals surface area (Å²) in [4.78, 5) is 0.238. The lowest BCUT2D eigenvalue weighted by molar-refractivity contribution is 0.439. The van der Waals surface area contributed by atoms with Crippen molar-refractivity contribution in [1.29, 1.82) is 5.26 Å². The summed E-state index contributed by atoms with van der Waals surface area (Å²) < 4.78 is 25.7. The van der Waals surface area contributed by atoms with E-state index in [9.17, 15) is 8.42 Å². The van der Waals surface area contributed by atoms with Crippen LogP contribution in [-0.2, 0) is 10.0 Å². The van der Waals surface area contributed by atoms with Crippen LogP contribution in [0.1, 0.15) is 13.8 Å². The van der Waals surface area contributed by atoms with Crippen molar-refractivity contribution >= 4 is 15.7 Å². The molecule has 0 aliphatic carbocycles. The number of benzene rings is 1. The number of sulfonamides is 1. The standard InChI is InChI=1S/C13H19N3O2S/c1-4-15-12-5-7-13(8-6-12)19(17,18)16(3)10-11(2)9-14/h5-8,11,15H,4,10H2,1-3H3. The molecule has 0 aliphatic rings. The van der Waals surface area contributed by atoms with Gasteiger partial charge in [0.1, 0.15) is 0 Å². The molecule has 0 aliphatic heterocycles. The largest absolute Gasteiger partial charge is 0.385 e. The number of nitrogens with zero attached hydrogens (tertiary/aromatic N) is 2. The second-order valence-corrected chi connectivity index (χ2v) is 6.42. The molecule has 5 nitrogen and oxygen atoms in total. The minimum atomic E-state index is -3.52. The van der Waals surface area contributed by atoms with Crippen LogP contribution in [0.4, 0.5) is 5.69 Å². The Bertz CT molecular complexity index is 546. The van der Waals surface area contributed by atoms with E-state index in [0.717, 1.165) is 12.2 Å². The highest BCUT2D eigenvalue weighted by molar-refractivity contribution is 7.89. The van der Waals surface area contributed by atoms with Crippen LogP contribution < -0.4 is 5.32 Å². The summed E-state index contributed by atoms with van der Waals surface area (Å²) in [7, 11) is -2.03. The summed E-state index contributed by atoms with van der Waals surface area (Å²) in [6, 6.07) is 8.64. The lowest BCUT2D eigenvalue weighted by atomic mass is 10.2. The maximum atomic E-state index is 12.2. The molecule has 0 fully saturated rings. The molecule has 0 amide bonds. The minimum Gasteiger partial charge on any atom is -0.385 e. The highest BCUT2D eigenvalue weighted by Crippen LogP contribution is 2.18. The molecule has 1 N–H and O–H groups in total. The van der Waals surface area contributed by atoms with E-state index >= 15 is 0 Å². The molecule has 0 saturated heterocycles. The Morgan fingerprint density at radius 3 is 2.42 bits per heavy atom. The van der Waals surface area contributed by atoms with Crippen LogP contribution in [0, 0.1) is 17.2 Å². The van der Waals surface area contributed by atoms with Crippen molar-refractivity contribution in [3.63, 3.8) is 0 Å². The number of rotatable bonds is 6. The number of nitrogens with one attached hydrogen (secondary N) is 1. The van der Waals surface area contributed by atoms with Crippen LogP contribution in [0.3, 0.4) is 0 Å². The molecule has 0 aromatic heterocycles. The Morgan fingerprint density at radius 2 is 1.95 bits per heavy atom. The van der Waals surface area contributed by atoms with Crippen molar-refractivity contribution < 1.29 is 8.42 Å². The third-order valence-electron chi connectivity index (χ3n) is 2.69. The second-order valence-electron chi connectivity index (χ2n) is 4.37. The zero-order chi connectivity index (χ0) is 14.5. The molecule has 6 heteroatoms. The van der Waals surface area contributed by atoms with E-state index in [4.69, 9.17) is 5.26 Å². The first-order valence-corrected chi connectivity index (χ1v) is 7.55. The average Bonchev–Trinajstić information content (AvgIpc) is 2.39. The highest BCUT2D eigenvalue weighted by Gasteiger charge is 2.22. The molecule has 1 unspecified atom stereocenters. The number of hydrogen-bond acceptors (Lipinski definition) is 4. The first-order chi connectivity index (χ1) is 8.91. The van der Waals surface area contributed by atoms with E-state index in [2.05, 4.69) is 5.32 Å². The third-order valence-corrected chi connectivity index (χ3v) is 4.53. The zero-order valence-electron chi connectivity index (χ0n) is 11.4. The summed E-state index contributed by atoms with van der Waals surface area (Å²) in [5.74, 6) is -0.333. The maximum Gasteiger partial charge on any atom is 0.242 e. The lowest BCUT2D eigenvalue weighted by Gasteiger charge is -2.18. The van der Waals surface area contributed by atoms with E-state index in [1.54, 1.807) is 31.2 Å². The van der Waals surface area contributed by atoms with E-state index in [0.29, 0.717) is 0 Å². The van der Waals surface area contributed by atoms with Gasteiger partial charge in [-0.2, -0.15) is 9.57 Å². The molecule has 1 atom stereocenters. The molecule has 1 aromatic rings. The van der Waals surface area contributed by atoms with Crippen molar-refractivity contribution in [1.82, 2.24) is 4.31 Å². The molecule has 19 heavy (non-hydrogen) atoms. The maximum absolute atomic E-state index is 12.2. The van der Waals surface area contributed by atoms with E-state index in [1.807, 2.05) is 13.0 Å². The molecule has 0 radical (unpaired) electrons. The molecular formula is C13H19N3O2S. The predicted molar refractivity (Wildman–Crippen MR) is 75.2 cm³/mol. The Kier molecular flexibility index (Phi) is 5.33. The first kappa shape index (κ1) is 15.5. The molecule has 104 valence electrons. The van der Waals surface area contributed by atoms with Crippen LogP contribution in [0.2, 0.25) is 0 Å². The Balaban J connectivity index is 2.91. The van der Waals surface area contributed by atoms with Gasteiger partial charge in [0.25, 0.3) is 0 Å². The van der Waals surface area contributed by atoms with Crippen LogP contribution >= 0.6 is 0 Å². The Labute approximate surface area is 114 Å². The predicted octanol–water partition coefficient (Wildman–Crippen LogP) is 1.90. The fourth-order valence-electron chi connectivity index (χ4n) is 1.65. The third kappa shape index (κ3) is 3.94. The van der Waals surface area contributed by atoms with Gasteiger partial charge in [-0.3, -0.25) is 0 Å². The summed E-state index contributed by atoms with van der Waals surface area (Å²) in [5.41, 5.74) is 0.884. The average molecular weight is 281 g/mol. The number of hydrogen-bond donors (Lipinski definition) is 1. The zero-order valence-corrected chi connectivity index (χ0v) is 12.2. The van der Waals surface area contributed by atoms with Gasteiger partial charge in [-0.05, 0) is 38.1 Å². The quantitative estimate of drug-likeness (QED) is 0.864. The van der Waals surface area contributed by atoms with Crippen LogP contribution in [0.25, 0.3) is 0 Å². The van der Waals surface area contributed by atoms with Gasteiger partial charge < -0.3 is 5.32 Å². The minimum absolute atomic E-state index is 0.188. The molecule has 0 spiro atoms. The monoisotopic (exact) mass is 281 g/mol. The molecule has 0 heterocycles. The van der Waals surface area contributed by atoms with Crippen molar-refractivity contribution in [3.8, 4) is 6.07 Å². The highest BCUT2D eigenvalue weighted by atomic mass is 32.2. The summed E-state index contributed by atoms with van der Waals surface area (Å²) in [6.45, 7) is 4.64. The normalized spacial score (nSPS) is 13.0.